The van der Waals surface area contributed by atoms with Crippen LogP contribution in [0.5, 0.6) is 0 Å². The summed E-state index contributed by atoms with van der Waals surface area (Å²) >= 11 is 1.16. The van der Waals surface area contributed by atoms with E-state index in [0.29, 0.717) is 54.1 Å². The van der Waals surface area contributed by atoms with Crippen LogP contribution in [0.15, 0.2) is 72.8 Å². The van der Waals surface area contributed by atoms with E-state index in [1.807, 2.05) is 30.3 Å². The average molecular weight is 839 g/mol. The summed E-state index contributed by atoms with van der Waals surface area (Å²) in [5, 5.41) is 8.03. The zero-order valence-electron chi connectivity index (χ0n) is 33.1. The third-order valence-electron chi connectivity index (χ3n) is 10.6. The van der Waals surface area contributed by atoms with Crippen molar-refractivity contribution < 1.29 is 31.2 Å². The number of thiazole rings is 1. The van der Waals surface area contributed by atoms with Crippen LogP contribution >= 0.6 is 11.3 Å². The number of sulfonamides is 1. The fraction of sp³-hybridized carbons (Fsp3) is 0.512. The molecule has 0 aliphatic carbocycles. The first-order valence-electron chi connectivity index (χ1n) is 20.4. The Bertz CT molecular complexity index is 2120. The van der Waals surface area contributed by atoms with Crippen molar-refractivity contribution in [1.29, 1.82) is 0 Å². The van der Waals surface area contributed by atoms with E-state index in [0.717, 1.165) is 48.1 Å². The monoisotopic (exact) mass is 838 g/mol. The summed E-state index contributed by atoms with van der Waals surface area (Å²) in [4.78, 5) is 34.2. The molecule has 3 N–H and O–H groups in total. The molecule has 11 nitrogen and oxygen atoms in total. The van der Waals surface area contributed by atoms with Crippen LogP contribution in [0.4, 0.5) is 0 Å². The quantitative estimate of drug-likeness (QED) is 0.0716. The van der Waals surface area contributed by atoms with Gasteiger partial charge in [-0.2, -0.15) is 0 Å². The molecule has 1 aliphatic rings. The van der Waals surface area contributed by atoms with Gasteiger partial charge in [-0.05, 0) is 47.4 Å². The van der Waals surface area contributed by atoms with Gasteiger partial charge in [-0.3, -0.25) is 9.59 Å². The van der Waals surface area contributed by atoms with E-state index in [1.54, 1.807) is 47.4 Å². The molecule has 0 spiro atoms. The van der Waals surface area contributed by atoms with Crippen molar-refractivity contribution in [3.05, 3.63) is 88.9 Å². The molecule has 0 radical (unpaired) electrons. The highest BCUT2D eigenvalue weighted by molar-refractivity contribution is 7.92. The van der Waals surface area contributed by atoms with Gasteiger partial charge in [-0.1, -0.05) is 133 Å². The van der Waals surface area contributed by atoms with Gasteiger partial charge in [0.1, 0.15) is 5.01 Å². The van der Waals surface area contributed by atoms with Crippen molar-refractivity contribution in [2.45, 2.75) is 101 Å². The lowest BCUT2D eigenvalue weighted by Crippen LogP contribution is -2.51. The smallest absolute Gasteiger partial charge is 0.254 e. The second-order valence-electron chi connectivity index (χ2n) is 15.0. The van der Waals surface area contributed by atoms with Crippen LogP contribution in [0.3, 0.4) is 0 Å². The van der Waals surface area contributed by atoms with Gasteiger partial charge in [0.2, 0.25) is 20.7 Å². The highest BCUT2D eigenvalue weighted by Gasteiger charge is 2.53. The molecule has 57 heavy (non-hydrogen) atoms. The Morgan fingerprint density at radius 2 is 1.40 bits per heavy atom. The lowest BCUT2D eigenvalue weighted by atomic mass is 9.98. The molecule has 2 amide bonds. The van der Waals surface area contributed by atoms with E-state index in [1.165, 1.54) is 44.9 Å². The number of nitrogens with zero attached hydrogens (tertiary/aromatic N) is 2. The Morgan fingerprint density at radius 1 is 0.807 bits per heavy atom. The Kier molecular flexibility index (Phi) is 16.6. The maximum Gasteiger partial charge on any atom is 0.254 e. The average Bonchev–Trinajstić information content (AvgIpc) is 3.63. The van der Waals surface area contributed by atoms with Gasteiger partial charge in [0.25, 0.3) is 5.91 Å². The van der Waals surface area contributed by atoms with Crippen molar-refractivity contribution in [2.75, 3.05) is 38.6 Å². The first-order chi connectivity index (χ1) is 27.4. The number of ether oxygens (including phenoxy) is 1. The molecule has 1 unspecified atom stereocenters. The van der Waals surface area contributed by atoms with E-state index in [2.05, 4.69) is 12.2 Å². The maximum atomic E-state index is 14.8. The molecule has 4 aromatic rings. The molecule has 1 fully saturated rings. The van der Waals surface area contributed by atoms with E-state index >= 15 is 0 Å². The van der Waals surface area contributed by atoms with Gasteiger partial charge >= 0.3 is 0 Å². The largest absolute Gasteiger partial charge is 0.378 e. The van der Waals surface area contributed by atoms with Crippen LogP contribution in [0.2, 0.25) is 0 Å². The number of amides is 2. The van der Waals surface area contributed by atoms with Crippen LogP contribution in [-0.4, -0.2) is 77.1 Å². The number of hydrogen-bond donors (Lipinski definition) is 2. The highest BCUT2D eigenvalue weighted by Crippen LogP contribution is 2.43. The molecule has 310 valence electrons. The Morgan fingerprint density at radius 3 is 2.02 bits per heavy atom. The standard InChI is InChI=1S/C43H58N4O7S3/c1-2-3-4-5-6-7-8-9-10-11-12-16-25-43(41(49)45-26-31-57(44,52)53,56(50,51)33-34-17-14-13-15-18-34)42-46-38-24-23-37(32-39(38)55-42)35-19-21-36(22-20-35)40(48)47-27-29-54-30-28-47/h13-15,17-24,32H,2-12,16,25-31,33H2,1H3,(H,45,49)(H2,44,52,53). The normalized spacial score (nSPS) is 14.7. The van der Waals surface area contributed by atoms with Crippen molar-refractivity contribution in [3.63, 3.8) is 0 Å². The third-order valence-corrected chi connectivity index (χ3v) is 15.1. The van der Waals surface area contributed by atoms with Gasteiger partial charge in [0, 0.05) is 25.2 Å². The van der Waals surface area contributed by atoms with Crippen LogP contribution in [0.25, 0.3) is 21.3 Å². The summed E-state index contributed by atoms with van der Waals surface area (Å²) in [5.74, 6) is -1.78. The number of nitrogens with two attached hydrogens (primary N) is 1. The van der Waals surface area contributed by atoms with Crippen LogP contribution in [0, 0.1) is 0 Å². The fourth-order valence-electron chi connectivity index (χ4n) is 7.36. The molecule has 5 rings (SSSR count). The molecule has 3 aromatic carbocycles. The van der Waals surface area contributed by atoms with Crippen molar-refractivity contribution in [1.82, 2.24) is 15.2 Å². The number of benzene rings is 3. The third kappa shape index (κ3) is 12.4. The number of hydrogen-bond acceptors (Lipinski definition) is 9. The number of rotatable bonds is 23. The molecule has 14 heteroatoms. The Balaban J connectivity index is 1.42. The highest BCUT2D eigenvalue weighted by atomic mass is 32.2. The number of nitrogens with one attached hydrogen (secondary N) is 1. The molecular formula is C43H58N4O7S3. The first kappa shape index (κ1) is 44.4. The summed E-state index contributed by atoms with van der Waals surface area (Å²) < 4.78 is 57.4. The van der Waals surface area contributed by atoms with Gasteiger partial charge in [0.05, 0.1) is 34.9 Å². The van der Waals surface area contributed by atoms with Crippen molar-refractivity contribution in [2.24, 2.45) is 5.14 Å². The molecule has 0 saturated carbocycles. The zero-order valence-corrected chi connectivity index (χ0v) is 35.6. The second kappa shape index (κ2) is 21.4. The lowest BCUT2D eigenvalue weighted by molar-refractivity contribution is -0.124. The topological polar surface area (TPSA) is 166 Å². The van der Waals surface area contributed by atoms with Gasteiger partial charge in [-0.15, -0.1) is 11.3 Å². The summed E-state index contributed by atoms with van der Waals surface area (Å²) in [6.45, 7) is 4.03. The molecule has 1 saturated heterocycles. The maximum absolute atomic E-state index is 14.8. The number of sulfone groups is 1. The van der Waals surface area contributed by atoms with Gasteiger partial charge < -0.3 is 15.0 Å². The van der Waals surface area contributed by atoms with Gasteiger partial charge in [0.15, 0.2) is 9.84 Å². The van der Waals surface area contributed by atoms with Crippen LogP contribution < -0.4 is 10.5 Å². The number of carbonyl (C=O) groups excluding carboxylic acids is 2. The fourth-order valence-corrected chi connectivity index (χ4v) is 11.4. The summed E-state index contributed by atoms with van der Waals surface area (Å²) in [5.41, 5.74) is 3.38. The molecule has 0 bridgehead atoms. The molecular weight excluding hydrogens is 781 g/mol. The lowest BCUT2D eigenvalue weighted by Gasteiger charge is -2.30. The predicted molar refractivity (Wildman–Crippen MR) is 229 cm³/mol. The minimum absolute atomic E-state index is 0.00782. The van der Waals surface area contributed by atoms with Crippen LogP contribution in [0.1, 0.15) is 111 Å². The Labute approximate surface area is 342 Å². The number of carbonyl (C=O) groups is 2. The summed E-state index contributed by atoms with van der Waals surface area (Å²) in [6.07, 6.45) is 13.0. The SMILES string of the molecule is CCCCCCCCCCCCCCC(C(=O)NCCS(N)(=O)=O)(c1nc2ccc(-c3ccc(C(=O)N4CCOCC4)cc3)cc2s1)S(=O)(=O)Cc1ccccc1. The zero-order chi connectivity index (χ0) is 40.7. The molecule has 1 atom stereocenters. The van der Waals surface area contributed by atoms with Crippen LogP contribution in [-0.2, 0) is 39.9 Å². The second-order valence-corrected chi connectivity index (χ2v) is 20.0. The minimum Gasteiger partial charge on any atom is -0.378 e. The molecule has 1 aromatic heterocycles. The number of unbranched alkanes of at least 4 members (excludes halogenated alkanes) is 11. The first-order valence-corrected chi connectivity index (χ1v) is 24.6. The number of primary sulfonamides is 1. The summed E-state index contributed by atoms with van der Waals surface area (Å²) in [7, 11) is -8.21. The predicted octanol–water partition coefficient (Wildman–Crippen LogP) is 7.74. The number of aromatic nitrogens is 1. The molecule has 2 heterocycles. The Hall–Kier alpha value is -3.69. The summed E-state index contributed by atoms with van der Waals surface area (Å²) in [6, 6.07) is 21.8. The minimum atomic E-state index is -4.29. The van der Waals surface area contributed by atoms with E-state index in [9.17, 15) is 26.4 Å². The number of morpholine rings is 1. The van der Waals surface area contributed by atoms with E-state index < -0.39 is 42.0 Å². The van der Waals surface area contributed by atoms with Crippen molar-refractivity contribution >= 4 is 53.2 Å². The van der Waals surface area contributed by atoms with Crippen molar-refractivity contribution in [3.8, 4) is 11.1 Å². The number of fused-ring (bicyclic) bond motifs is 1. The molecule has 1 aliphatic heterocycles. The van der Waals surface area contributed by atoms with E-state index in [-0.39, 0.29) is 23.9 Å². The van der Waals surface area contributed by atoms with Gasteiger partial charge in [-0.25, -0.2) is 27.0 Å². The van der Waals surface area contributed by atoms with E-state index in [4.69, 9.17) is 14.9 Å².